The van der Waals surface area contributed by atoms with Crippen LogP contribution in [-0.2, 0) is 11.3 Å². The van der Waals surface area contributed by atoms with Crippen LogP contribution in [0.25, 0.3) is 4.96 Å². The molecule has 1 fully saturated rings. The minimum Gasteiger partial charge on any atom is -0.310 e. The molecule has 8 heteroatoms. The standard InChI is InChI=1S/C19H21N5O2S/c1-13-12-27-19-21-15(9-17(25)24(13)19)11-23-8-4-5-14(10-23)18(26)22-16-6-2-3-7-20-16/h2-3,6-7,9,12,14H,4-5,8,10-11H2,1H3,(H,20,22,26)/t14-/m1/s1. The Morgan fingerprint density at radius 1 is 1.41 bits per heavy atom. The van der Waals surface area contributed by atoms with Crippen molar-refractivity contribution < 1.29 is 4.79 Å². The van der Waals surface area contributed by atoms with E-state index in [1.54, 1.807) is 22.7 Å². The van der Waals surface area contributed by atoms with E-state index in [4.69, 9.17) is 0 Å². The molecular weight excluding hydrogens is 362 g/mol. The van der Waals surface area contributed by atoms with Crippen molar-refractivity contribution in [1.29, 1.82) is 0 Å². The topological polar surface area (TPSA) is 79.6 Å². The van der Waals surface area contributed by atoms with Gasteiger partial charge in [0.2, 0.25) is 5.91 Å². The molecule has 140 valence electrons. The van der Waals surface area contributed by atoms with Crippen molar-refractivity contribution in [3.63, 3.8) is 0 Å². The second-order valence-corrected chi connectivity index (χ2v) is 7.70. The zero-order chi connectivity index (χ0) is 18.8. The Labute approximate surface area is 160 Å². The number of amides is 1. The number of carbonyl (C=O) groups excluding carboxylic acids is 1. The molecule has 1 N–H and O–H groups in total. The van der Waals surface area contributed by atoms with E-state index in [2.05, 4.69) is 20.2 Å². The summed E-state index contributed by atoms with van der Waals surface area (Å²) in [7, 11) is 0. The van der Waals surface area contributed by atoms with Crippen LogP contribution in [0.2, 0.25) is 0 Å². The molecule has 0 saturated carbocycles. The summed E-state index contributed by atoms with van der Waals surface area (Å²) in [6.07, 6.45) is 3.46. The normalized spacial score (nSPS) is 17.9. The van der Waals surface area contributed by atoms with Gasteiger partial charge in [-0.15, -0.1) is 11.3 Å². The minimum atomic E-state index is -0.0884. The average molecular weight is 383 g/mol. The van der Waals surface area contributed by atoms with Crippen LogP contribution in [-0.4, -0.2) is 38.3 Å². The van der Waals surface area contributed by atoms with Gasteiger partial charge in [0, 0.05) is 36.4 Å². The number of pyridine rings is 1. The summed E-state index contributed by atoms with van der Waals surface area (Å²) in [6, 6.07) is 7.06. The molecule has 0 spiro atoms. The van der Waals surface area contributed by atoms with Gasteiger partial charge < -0.3 is 5.32 Å². The van der Waals surface area contributed by atoms with Crippen LogP contribution in [0.1, 0.15) is 24.2 Å². The number of aryl methyl sites for hydroxylation is 1. The number of thiazole rings is 1. The molecule has 3 aromatic heterocycles. The van der Waals surface area contributed by atoms with E-state index in [1.807, 2.05) is 24.4 Å². The summed E-state index contributed by atoms with van der Waals surface area (Å²) in [6.45, 7) is 4.04. The lowest BCUT2D eigenvalue weighted by Crippen LogP contribution is -2.40. The smallest absolute Gasteiger partial charge is 0.259 e. The van der Waals surface area contributed by atoms with Crippen molar-refractivity contribution in [2.75, 3.05) is 18.4 Å². The van der Waals surface area contributed by atoms with Crippen LogP contribution >= 0.6 is 11.3 Å². The molecule has 1 aliphatic rings. The molecule has 7 nitrogen and oxygen atoms in total. The summed E-state index contributed by atoms with van der Waals surface area (Å²) in [5.41, 5.74) is 1.62. The highest BCUT2D eigenvalue weighted by Crippen LogP contribution is 2.20. The highest BCUT2D eigenvalue weighted by molar-refractivity contribution is 7.15. The molecule has 1 amide bonds. The lowest BCUT2D eigenvalue weighted by Gasteiger charge is -2.31. The summed E-state index contributed by atoms with van der Waals surface area (Å²) < 4.78 is 1.63. The van der Waals surface area contributed by atoms with E-state index in [9.17, 15) is 9.59 Å². The molecule has 3 aromatic rings. The van der Waals surface area contributed by atoms with Crippen molar-refractivity contribution in [3.8, 4) is 0 Å². The first-order valence-electron chi connectivity index (χ1n) is 9.01. The molecule has 4 heterocycles. The molecule has 0 aliphatic carbocycles. The maximum atomic E-state index is 12.6. The summed E-state index contributed by atoms with van der Waals surface area (Å²) in [5, 5.41) is 4.82. The number of nitrogens with zero attached hydrogens (tertiary/aromatic N) is 4. The van der Waals surface area contributed by atoms with Gasteiger partial charge in [-0.25, -0.2) is 9.97 Å². The zero-order valence-corrected chi connectivity index (χ0v) is 15.9. The largest absolute Gasteiger partial charge is 0.310 e. The molecular formula is C19H21N5O2S. The Kier molecular flexibility index (Phi) is 5.00. The predicted octanol–water partition coefficient (Wildman–Crippen LogP) is 2.31. The molecule has 4 rings (SSSR count). The second kappa shape index (κ2) is 7.58. The van der Waals surface area contributed by atoms with Crippen molar-refractivity contribution in [2.24, 2.45) is 5.92 Å². The average Bonchev–Trinajstić information content (AvgIpc) is 3.04. The van der Waals surface area contributed by atoms with E-state index in [0.717, 1.165) is 35.7 Å². The number of likely N-dealkylation sites (tertiary alicyclic amines) is 1. The van der Waals surface area contributed by atoms with E-state index >= 15 is 0 Å². The van der Waals surface area contributed by atoms with Crippen LogP contribution in [0.3, 0.4) is 0 Å². The molecule has 1 saturated heterocycles. The Bertz CT molecular complexity index is 1010. The lowest BCUT2D eigenvalue weighted by molar-refractivity contribution is -0.121. The number of aromatic nitrogens is 3. The minimum absolute atomic E-state index is 0.00392. The molecule has 1 aliphatic heterocycles. The fourth-order valence-electron chi connectivity index (χ4n) is 3.49. The Morgan fingerprint density at radius 2 is 2.30 bits per heavy atom. The van der Waals surface area contributed by atoms with Crippen LogP contribution in [0.4, 0.5) is 5.82 Å². The molecule has 27 heavy (non-hydrogen) atoms. The highest BCUT2D eigenvalue weighted by atomic mass is 32.1. The summed E-state index contributed by atoms with van der Waals surface area (Å²) >= 11 is 1.47. The van der Waals surface area contributed by atoms with Gasteiger partial charge in [0.15, 0.2) is 4.96 Å². The van der Waals surface area contributed by atoms with Crippen LogP contribution in [0.5, 0.6) is 0 Å². The van der Waals surface area contributed by atoms with Gasteiger partial charge in [-0.1, -0.05) is 6.07 Å². The number of nitrogens with one attached hydrogen (secondary N) is 1. The fraction of sp³-hybridized carbons (Fsp3) is 0.368. The van der Waals surface area contributed by atoms with Gasteiger partial charge in [0.1, 0.15) is 5.82 Å². The van der Waals surface area contributed by atoms with Gasteiger partial charge in [0.25, 0.3) is 5.56 Å². The van der Waals surface area contributed by atoms with E-state index < -0.39 is 0 Å². The number of hydrogen-bond acceptors (Lipinski definition) is 6. The first kappa shape index (κ1) is 17.8. The third-order valence-corrected chi connectivity index (χ3v) is 5.75. The number of anilines is 1. The van der Waals surface area contributed by atoms with Gasteiger partial charge in [-0.2, -0.15) is 0 Å². The zero-order valence-electron chi connectivity index (χ0n) is 15.1. The van der Waals surface area contributed by atoms with Gasteiger partial charge in [0.05, 0.1) is 11.6 Å². The lowest BCUT2D eigenvalue weighted by atomic mass is 9.97. The first-order chi connectivity index (χ1) is 13.1. The van der Waals surface area contributed by atoms with Gasteiger partial charge in [-0.3, -0.25) is 18.9 Å². The number of fused-ring (bicyclic) bond motifs is 1. The maximum Gasteiger partial charge on any atom is 0.259 e. The molecule has 0 radical (unpaired) electrons. The number of piperidine rings is 1. The molecule has 0 unspecified atom stereocenters. The SMILES string of the molecule is Cc1csc2nc(CN3CCC[C@@H](C(=O)Nc4ccccn4)C3)cc(=O)n12. The molecule has 0 bridgehead atoms. The van der Waals surface area contributed by atoms with Crippen molar-refractivity contribution in [1.82, 2.24) is 19.3 Å². The van der Waals surface area contributed by atoms with E-state index in [1.165, 1.54) is 11.3 Å². The monoisotopic (exact) mass is 383 g/mol. The number of rotatable bonds is 4. The Morgan fingerprint density at radius 3 is 3.11 bits per heavy atom. The number of hydrogen-bond donors (Lipinski definition) is 1. The molecule has 0 aromatic carbocycles. The maximum absolute atomic E-state index is 12.6. The quantitative estimate of drug-likeness (QED) is 0.748. The third kappa shape index (κ3) is 3.91. The predicted molar refractivity (Wildman–Crippen MR) is 105 cm³/mol. The van der Waals surface area contributed by atoms with Crippen molar-refractivity contribution in [3.05, 3.63) is 57.6 Å². The first-order valence-corrected chi connectivity index (χ1v) is 9.89. The van der Waals surface area contributed by atoms with E-state index in [-0.39, 0.29) is 17.4 Å². The van der Waals surface area contributed by atoms with Crippen molar-refractivity contribution >= 4 is 28.0 Å². The van der Waals surface area contributed by atoms with Gasteiger partial charge >= 0.3 is 0 Å². The summed E-state index contributed by atoms with van der Waals surface area (Å²) in [4.78, 5) is 36.6. The third-order valence-electron chi connectivity index (χ3n) is 4.81. The van der Waals surface area contributed by atoms with Gasteiger partial charge in [-0.05, 0) is 38.4 Å². The Hall–Kier alpha value is -2.58. The van der Waals surface area contributed by atoms with Crippen LogP contribution < -0.4 is 10.9 Å². The second-order valence-electron chi connectivity index (χ2n) is 6.86. The Balaban J connectivity index is 1.44. The number of carbonyl (C=O) groups is 1. The van der Waals surface area contributed by atoms with E-state index in [0.29, 0.717) is 18.9 Å². The molecule has 1 atom stereocenters. The summed E-state index contributed by atoms with van der Waals surface area (Å²) in [5.74, 6) is 0.484. The highest BCUT2D eigenvalue weighted by Gasteiger charge is 2.26. The van der Waals surface area contributed by atoms with Crippen LogP contribution in [0.15, 0.2) is 40.6 Å². The fourth-order valence-corrected chi connectivity index (χ4v) is 4.38. The van der Waals surface area contributed by atoms with Crippen LogP contribution in [0, 0.1) is 12.8 Å². The van der Waals surface area contributed by atoms with Crippen molar-refractivity contribution in [2.45, 2.75) is 26.3 Å².